The maximum atomic E-state index is 12.0. The monoisotopic (exact) mass is 291 g/mol. The molecule has 0 spiro atoms. The van der Waals surface area contributed by atoms with Crippen LogP contribution in [0.1, 0.15) is 38.5 Å². The van der Waals surface area contributed by atoms with Gasteiger partial charge in [-0.1, -0.05) is 5.06 Å². The van der Waals surface area contributed by atoms with E-state index in [1.165, 1.54) is 0 Å². The third-order valence-electron chi connectivity index (χ3n) is 4.76. The van der Waals surface area contributed by atoms with Gasteiger partial charge in [0.15, 0.2) is 0 Å². The predicted octanol–water partition coefficient (Wildman–Crippen LogP) is 1.80. The third-order valence-corrected chi connectivity index (χ3v) is 4.76. The number of hydrogen-bond donors (Lipinski definition) is 1. The number of hydrogen-bond acceptors (Lipinski definition) is 4. The Bertz CT molecular complexity index is 528. The van der Waals surface area contributed by atoms with Gasteiger partial charge in [-0.2, -0.15) is 0 Å². The Morgan fingerprint density at radius 1 is 1.24 bits per heavy atom. The van der Waals surface area contributed by atoms with Crippen LogP contribution in [0.25, 0.3) is 0 Å². The van der Waals surface area contributed by atoms with Gasteiger partial charge in [-0.05, 0) is 37.0 Å². The normalized spacial score (nSPS) is 34.4. The van der Waals surface area contributed by atoms with Gasteiger partial charge < -0.3 is 5.11 Å². The average Bonchev–Trinajstić information content (AvgIpc) is 2.95. The molecule has 112 valence electrons. The van der Waals surface area contributed by atoms with Crippen molar-refractivity contribution in [2.45, 2.75) is 38.5 Å². The lowest BCUT2D eigenvalue weighted by molar-refractivity contribution is -0.176. The molecular weight excluding hydrogens is 274 g/mol. The fraction of sp³-hybridized carbons (Fsp3) is 0.667. The molecule has 0 aromatic carbocycles. The second kappa shape index (κ2) is 5.40. The highest BCUT2D eigenvalue weighted by Crippen LogP contribution is 2.56. The van der Waals surface area contributed by atoms with Crippen LogP contribution >= 0.6 is 0 Å². The summed E-state index contributed by atoms with van der Waals surface area (Å²) in [5.41, 5.74) is 0. The highest BCUT2D eigenvalue weighted by Gasteiger charge is 2.52. The lowest BCUT2D eigenvalue weighted by atomic mass is 9.98. The molecule has 2 aliphatic carbocycles. The zero-order valence-corrected chi connectivity index (χ0v) is 11.6. The van der Waals surface area contributed by atoms with E-state index in [2.05, 4.69) is 16.7 Å². The number of rotatable bonds is 3. The summed E-state index contributed by atoms with van der Waals surface area (Å²) in [5.74, 6) is 6.44. The van der Waals surface area contributed by atoms with Crippen LogP contribution in [0, 0.1) is 35.5 Å². The Kier molecular flexibility index (Phi) is 3.58. The highest BCUT2D eigenvalue weighted by molar-refractivity contribution is 6.02. The maximum Gasteiger partial charge on any atom is 0.531 e. The van der Waals surface area contributed by atoms with E-state index in [0.29, 0.717) is 29.2 Å². The molecule has 3 aliphatic rings. The van der Waals surface area contributed by atoms with Crippen molar-refractivity contribution in [1.29, 1.82) is 0 Å². The van der Waals surface area contributed by atoms with Crippen LogP contribution in [0.4, 0.5) is 4.79 Å². The van der Waals surface area contributed by atoms with Crippen LogP contribution in [0.2, 0.25) is 0 Å². The van der Waals surface area contributed by atoms with E-state index in [0.717, 1.165) is 25.7 Å². The largest absolute Gasteiger partial charge is 0.531 e. The second-order valence-electron chi connectivity index (χ2n) is 5.94. The zero-order chi connectivity index (χ0) is 15.0. The topological polar surface area (TPSA) is 83.9 Å². The number of hydroxylamine groups is 2. The summed E-state index contributed by atoms with van der Waals surface area (Å²) in [7, 11) is 0. The van der Waals surface area contributed by atoms with Crippen molar-refractivity contribution in [3.63, 3.8) is 0 Å². The number of carbonyl (C=O) groups excluding carboxylic acids is 2. The molecular formula is C15H17NO5. The number of fused-ring (bicyclic) bond motifs is 1. The first-order valence-corrected chi connectivity index (χ1v) is 7.31. The van der Waals surface area contributed by atoms with Crippen molar-refractivity contribution >= 4 is 18.0 Å². The van der Waals surface area contributed by atoms with Gasteiger partial charge in [-0.15, -0.1) is 11.8 Å². The molecule has 1 heterocycles. The molecule has 1 aliphatic heterocycles. The molecule has 0 aromatic rings. The van der Waals surface area contributed by atoms with E-state index >= 15 is 0 Å². The smallest absolute Gasteiger partial charge is 0.448 e. The predicted molar refractivity (Wildman–Crippen MR) is 70.4 cm³/mol. The molecule has 1 saturated carbocycles. The summed E-state index contributed by atoms with van der Waals surface area (Å²) >= 11 is 0. The molecule has 21 heavy (non-hydrogen) atoms. The van der Waals surface area contributed by atoms with Crippen LogP contribution in [-0.2, 0) is 14.4 Å². The first-order chi connectivity index (χ1) is 10.1. The zero-order valence-electron chi connectivity index (χ0n) is 11.6. The molecule has 2 fully saturated rings. The summed E-state index contributed by atoms with van der Waals surface area (Å²) in [6.07, 6.45) is 3.01. The quantitative estimate of drug-likeness (QED) is 0.633. The first kappa shape index (κ1) is 13.9. The lowest BCUT2D eigenvalue weighted by Gasteiger charge is -2.11. The van der Waals surface area contributed by atoms with Crippen molar-refractivity contribution < 1.29 is 24.3 Å². The minimum Gasteiger partial charge on any atom is -0.448 e. The molecule has 1 saturated heterocycles. The molecule has 3 unspecified atom stereocenters. The SMILES string of the molecule is O=C(O)ON1C(=O)CC(CC2C3CCC#CCCC32)C1=O. The van der Waals surface area contributed by atoms with Crippen LogP contribution in [0.15, 0.2) is 0 Å². The van der Waals surface area contributed by atoms with Crippen molar-refractivity contribution in [3.8, 4) is 11.8 Å². The molecule has 6 nitrogen and oxygen atoms in total. The number of imide groups is 1. The summed E-state index contributed by atoms with van der Waals surface area (Å²) in [4.78, 5) is 38.4. The number of carbonyl (C=O) groups is 3. The van der Waals surface area contributed by atoms with Gasteiger partial charge in [0.1, 0.15) is 0 Å². The van der Waals surface area contributed by atoms with E-state index < -0.39 is 23.9 Å². The van der Waals surface area contributed by atoms with Gasteiger partial charge in [0.25, 0.3) is 11.8 Å². The Morgan fingerprint density at radius 2 is 1.86 bits per heavy atom. The van der Waals surface area contributed by atoms with Crippen LogP contribution in [0.5, 0.6) is 0 Å². The molecule has 0 radical (unpaired) electrons. The second-order valence-corrected chi connectivity index (χ2v) is 5.94. The summed E-state index contributed by atoms with van der Waals surface area (Å²) in [6.45, 7) is 0. The summed E-state index contributed by atoms with van der Waals surface area (Å²) in [6, 6.07) is 0. The van der Waals surface area contributed by atoms with Gasteiger partial charge in [0, 0.05) is 19.3 Å². The Morgan fingerprint density at radius 3 is 2.43 bits per heavy atom. The minimum absolute atomic E-state index is 0.0541. The van der Waals surface area contributed by atoms with E-state index in [9.17, 15) is 14.4 Å². The standard InChI is InChI=1S/C15H17NO5/c17-13-8-9(14(18)16(13)21-15(19)20)7-12-10-5-3-1-2-4-6-11(10)12/h9-12H,3-8H2,(H,19,20). The van der Waals surface area contributed by atoms with Crippen molar-refractivity contribution in [2.24, 2.45) is 23.7 Å². The minimum atomic E-state index is -1.64. The molecule has 0 bridgehead atoms. The van der Waals surface area contributed by atoms with E-state index in [4.69, 9.17) is 5.11 Å². The fourth-order valence-electron chi connectivity index (χ4n) is 3.74. The van der Waals surface area contributed by atoms with Gasteiger partial charge in [-0.3, -0.25) is 14.4 Å². The van der Waals surface area contributed by atoms with Crippen LogP contribution in [0.3, 0.4) is 0 Å². The van der Waals surface area contributed by atoms with E-state index in [1.54, 1.807) is 0 Å². The van der Waals surface area contributed by atoms with E-state index in [1.807, 2.05) is 0 Å². The third kappa shape index (κ3) is 2.73. The molecule has 1 N–H and O–H groups in total. The van der Waals surface area contributed by atoms with E-state index in [-0.39, 0.29) is 6.42 Å². The first-order valence-electron chi connectivity index (χ1n) is 7.31. The van der Waals surface area contributed by atoms with Gasteiger partial charge >= 0.3 is 6.16 Å². The van der Waals surface area contributed by atoms with Crippen molar-refractivity contribution in [3.05, 3.63) is 0 Å². The highest BCUT2D eigenvalue weighted by atomic mass is 16.8. The number of carboxylic acid groups (broad SMARTS) is 1. The summed E-state index contributed by atoms with van der Waals surface area (Å²) < 4.78 is 0. The van der Waals surface area contributed by atoms with Crippen molar-refractivity contribution in [2.75, 3.05) is 0 Å². The number of amides is 2. The average molecular weight is 291 g/mol. The van der Waals surface area contributed by atoms with Gasteiger partial charge in [0.2, 0.25) is 0 Å². The molecule has 6 heteroatoms. The molecule has 0 aromatic heterocycles. The molecule has 3 rings (SSSR count). The molecule has 2 amide bonds. The fourth-order valence-corrected chi connectivity index (χ4v) is 3.74. The van der Waals surface area contributed by atoms with Gasteiger partial charge in [-0.25, -0.2) is 4.79 Å². The summed E-state index contributed by atoms with van der Waals surface area (Å²) in [5, 5.41) is 8.94. The van der Waals surface area contributed by atoms with Crippen molar-refractivity contribution in [1.82, 2.24) is 5.06 Å². The number of nitrogens with zero attached hydrogens (tertiary/aromatic N) is 1. The van der Waals surface area contributed by atoms with Crippen LogP contribution in [-0.4, -0.2) is 28.1 Å². The Balaban J connectivity index is 1.58. The molecule has 3 atom stereocenters. The van der Waals surface area contributed by atoms with Gasteiger partial charge in [0.05, 0.1) is 5.92 Å². The lowest BCUT2D eigenvalue weighted by Crippen LogP contribution is -2.32. The Labute approximate surface area is 122 Å². The van der Waals surface area contributed by atoms with Crippen LogP contribution < -0.4 is 0 Å². The maximum absolute atomic E-state index is 12.0. The Hall–Kier alpha value is -2.03.